The minimum Gasteiger partial charge on any atom is -0.369 e. The van der Waals surface area contributed by atoms with Gasteiger partial charge in [0.05, 0.1) is 0 Å². The second-order valence-electron chi connectivity index (χ2n) is 8.18. The minimum atomic E-state index is 0.0657. The van der Waals surface area contributed by atoms with E-state index < -0.39 is 0 Å². The molecule has 1 saturated heterocycles. The normalized spacial score (nSPS) is 14.4. The van der Waals surface area contributed by atoms with E-state index in [0.717, 1.165) is 56.9 Å². The highest BCUT2D eigenvalue weighted by Gasteiger charge is 2.20. The van der Waals surface area contributed by atoms with E-state index in [9.17, 15) is 4.79 Å². The summed E-state index contributed by atoms with van der Waals surface area (Å²) in [6.07, 6.45) is 0.956. The summed E-state index contributed by atoms with van der Waals surface area (Å²) in [5, 5.41) is 0. The summed E-state index contributed by atoms with van der Waals surface area (Å²) in [5.74, 6) is 0.0657. The number of anilines is 2. The summed E-state index contributed by atoms with van der Waals surface area (Å²) in [6.45, 7) is 8.08. The Morgan fingerprint density at radius 2 is 1.42 bits per heavy atom. The predicted molar refractivity (Wildman–Crippen MR) is 129 cm³/mol. The van der Waals surface area contributed by atoms with Crippen molar-refractivity contribution in [2.24, 2.45) is 0 Å². The van der Waals surface area contributed by atoms with Crippen molar-refractivity contribution in [3.63, 3.8) is 0 Å². The van der Waals surface area contributed by atoms with E-state index in [1.54, 1.807) is 0 Å². The maximum absolute atomic E-state index is 13.2. The second kappa shape index (κ2) is 10.3. The van der Waals surface area contributed by atoms with Crippen molar-refractivity contribution in [3.05, 3.63) is 96.1 Å². The molecule has 0 atom stereocenters. The summed E-state index contributed by atoms with van der Waals surface area (Å²) < 4.78 is 0. The summed E-state index contributed by atoms with van der Waals surface area (Å²) in [6, 6.07) is 28.4. The van der Waals surface area contributed by atoms with Crippen molar-refractivity contribution in [2.45, 2.75) is 13.3 Å². The molecule has 0 radical (unpaired) electrons. The fourth-order valence-corrected chi connectivity index (χ4v) is 4.13. The van der Waals surface area contributed by atoms with Gasteiger partial charge < -0.3 is 9.80 Å². The molecule has 0 unspecified atom stereocenters. The molecule has 0 saturated carbocycles. The largest absolute Gasteiger partial charge is 0.369 e. The third-order valence-electron chi connectivity index (χ3n) is 5.96. The van der Waals surface area contributed by atoms with E-state index in [0.29, 0.717) is 0 Å². The van der Waals surface area contributed by atoms with Crippen molar-refractivity contribution in [1.82, 2.24) is 4.90 Å². The number of carbonyl (C=O) groups excluding carboxylic acids is 1. The zero-order valence-corrected chi connectivity index (χ0v) is 18.3. The van der Waals surface area contributed by atoms with Crippen LogP contribution in [0.15, 0.2) is 84.9 Å². The molecule has 0 aromatic heterocycles. The van der Waals surface area contributed by atoms with Crippen LogP contribution in [-0.2, 0) is 0 Å². The first-order valence-corrected chi connectivity index (χ1v) is 11.2. The molecule has 1 aliphatic heterocycles. The van der Waals surface area contributed by atoms with Gasteiger partial charge in [0.1, 0.15) is 0 Å². The highest BCUT2D eigenvalue weighted by Crippen LogP contribution is 2.19. The van der Waals surface area contributed by atoms with Gasteiger partial charge in [-0.25, -0.2) is 0 Å². The Morgan fingerprint density at radius 1 is 0.806 bits per heavy atom. The van der Waals surface area contributed by atoms with E-state index in [1.165, 1.54) is 11.3 Å². The van der Waals surface area contributed by atoms with E-state index in [2.05, 4.69) is 41.0 Å². The number of piperazine rings is 1. The van der Waals surface area contributed by atoms with Gasteiger partial charge in [0.2, 0.25) is 0 Å². The van der Waals surface area contributed by atoms with Gasteiger partial charge in [-0.05, 0) is 56.3 Å². The molecule has 0 spiro atoms. The van der Waals surface area contributed by atoms with E-state index >= 15 is 0 Å². The Labute approximate surface area is 185 Å². The number of hydrogen-bond acceptors (Lipinski definition) is 3. The number of carbonyl (C=O) groups is 1. The van der Waals surface area contributed by atoms with Gasteiger partial charge in [-0.2, -0.15) is 0 Å². The lowest BCUT2D eigenvalue weighted by Crippen LogP contribution is -2.47. The van der Waals surface area contributed by atoms with Crippen LogP contribution in [0, 0.1) is 6.92 Å². The Balaban J connectivity index is 1.32. The van der Waals surface area contributed by atoms with Gasteiger partial charge >= 0.3 is 0 Å². The second-order valence-corrected chi connectivity index (χ2v) is 8.18. The van der Waals surface area contributed by atoms with Gasteiger partial charge in [0, 0.05) is 49.7 Å². The third kappa shape index (κ3) is 5.53. The first-order valence-electron chi connectivity index (χ1n) is 11.2. The fraction of sp³-hybridized carbons (Fsp3) is 0.296. The summed E-state index contributed by atoms with van der Waals surface area (Å²) in [7, 11) is 0. The molecular formula is C27H31N3O. The SMILES string of the molecule is Cc1ccc(N2CCN(CCCN(C(=O)c3ccccc3)c3ccccc3)CC2)cc1. The Morgan fingerprint density at radius 3 is 2.06 bits per heavy atom. The molecule has 1 fully saturated rings. The molecular weight excluding hydrogens is 382 g/mol. The van der Waals surface area contributed by atoms with Gasteiger partial charge in [-0.15, -0.1) is 0 Å². The first kappa shape index (κ1) is 21.1. The predicted octanol–water partition coefficient (Wildman–Crippen LogP) is 4.85. The van der Waals surface area contributed by atoms with Gasteiger partial charge in [-0.3, -0.25) is 9.69 Å². The molecule has 160 valence electrons. The number of hydrogen-bond donors (Lipinski definition) is 0. The molecule has 1 amide bonds. The smallest absolute Gasteiger partial charge is 0.258 e. The van der Waals surface area contributed by atoms with Crippen molar-refractivity contribution >= 4 is 17.3 Å². The first-order chi connectivity index (χ1) is 15.2. The Bertz CT molecular complexity index is 949. The summed E-state index contributed by atoms with van der Waals surface area (Å²) in [5.41, 5.74) is 4.31. The van der Waals surface area contributed by atoms with Crippen LogP contribution < -0.4 is 9.80 Å². The topological polar surface area (TPSA) is 26.8 Å². The molecule has 0 bridgehead atoms. The van der Waals surface area contributed by atoms with Crippen LogP contribution in [0.5, 0.6) is 0 Å². The van der Waals surface area contributed by atoms with Crippen molar-refractivity contribution in [1.29, 1.82) is 0 Å². The minimum absolute atomic E-state index is 0.0657. The number of nitrogens with zero attached hydrogens (tertiary/aromatic N) is 3. The van der Waals surface area contributed by atoms with E-state index in [1.807, 2.05) is 65.6 Å². The lowest BCUT2D eigenvalue weighted by atomic mass is 10.1. The molecule has 4 heteroatoms. The van der Waals surface area contributed by atoms with Crippen LogP contribution >= 0.6 is 0 Å². The van der Waals surface area contributed by atoms with Crippen LogP contribution in [-0.4, -0.2) is 50.1 Å². The van der Waals surface area contributed by atoms with Gasteiger partial charge in [-0.1, -0.05) is 54.1 Å². The van der Waals surface area contributed by atoms with Gasteiger partial charge in [0.15, 0.2) is 0 Å². The highest BCUT2D eigenvalue weighted by atomic mass is 16.2. The highest BCUT2D eigenvalue weighted by molar-refractivity contribution is 6.06. The molecule has 0 N–H and O–H groups in total. The summed E-state index contributed by atoms with van der Waals surface area (Å²) >= 11 is 0. The number of amides is 1. The maximum Gasteiger partial charge on any atom is 0.258 e. The third-order valence-corrected chi connectivity index (χ3v) is 5.96. The zero-order valence-electron chi connectivity index (χ0n) is 18.3. The average molecular weight is 414 g/mol. The monoisotopic (exact) mass is 413 g/mol. The molecule has 0 aliphatic carbocycles. The van der Waals surface area contributed by atoms with Crippen LogP contribution in [0.4, 0.5) is 11.4 Å². The summed E-state index contributed by atoms with van der Waals surface area (Å²) in [4.78, 5) is 20.0. The Hall–Kier alpha value is -3.11. The molecule has 4 rings (SSSR count). The van der Waals surface area contributed by atoms with Crippen LogP contribution in [0.25, 0.3) is 0 Å². The van der Waals surface area contributed by atoms with Crippen LogP contribution in [0.3, 0.4) is 0 Å². The van der Waals surface area contributed by atoms with E-state index in [-0.39, 0.29) is 5.91 Å². The number of benzene rings is 3. The number of para-hydroxylation sites is 1. The van der Waals surface area contributed by atoms with Crippen LogP contribution in [0.1, 0.15) is 22.3 Å². The van der Waals surface area contributed by atoms with Crippen molar-refractivity contribution in [2.75, 3.05) is 49.1 Å². The molecule has 31 heavy (non-hydrogen) atoms. The maximum atomic E-state index is 13.2. The molecule has 3 aromatic carbocycles. The lowest BCUT2D eigenvalue weighted by molar-refractivity contribution is 0.0985. The van der Waals surface area contributed by atoms with Crippen LogP contribution in [0.2, 0.25) is 0 Å². The fourth-order valence-electron chi connectivity index (χ4n) is 4.13. The average Bonchev–Trinajstić information content (AvgIpc) is 2.83. The van der Waals surface area contributed by atoms with Gasteiger partial charge in [0.25, 0.3) is 5.91 Å². The van der Waals surface area contributed by atoms with Crippen molar-refractivity contribution < 1.29 is 4.79 Å². The molecule has 1 heterocycles. The van der Waals surface area contributed by atoms with Crippen molar-refractivity contribution in [3.8, 4) is 0 Å². The molecule has 4 nitrogen and oxygen atoms in total. The standard InChI is InChI=1S/C27H31N3O/c1-23-13-15-25(16-14-23)29-21-19-28(20-22-29)17-8-18-30(26-11-6-3-7-12-26)27(31)24-9-4-2-5-10-24/h2-7,9-16H,8,17-22H2,1H3. The van der Waals surface area contributed by atoms with E-state index in [4.69, 9.17) is 0 Å². The number of rotatable bonds is 7. The zero-order chi connectivity index (χ0) is 21.5. The quantitative estimate of drug-likeness (QED) is 0.554. The molecule has 3 aromatic rings. The lowest BCUT2D eigenvalue weighted by Gasteiger charge is -2.36. The molecule has 1 aliphatic rings. The Kier molecular flexibility index (Phi) is 7.00. The number of aryl methyl sites for hydroxylation is 1.